The second kappa shape index (κ2) is 15.2. The van der Waals surface area contributed by atoms with E-state index in [-0.39, 0.29) is 31.6 Å². The fraction of sp³-hybridized carbons (Fsp3) is 0.364. The van der Waals surface area contributed by atoms with Crippen molar-refractivity contribution in [3.05, 3.63) is 72.1 Å². The van der Waals surface area contributed by atoms with Gasteiger partial charge in [-0.25, -0.2) is 4.79 Å². The number of fused-ring (bicyclic) bond motifs is 2. The number of H-pyrrole nitrogens is 2. The second-order valence-corrected chi connectivity index (χ2v) is 11.6. The third-order valence-electron chi connectivity index (χ3n) is 8.27. The summed E-state index contributed by atoms with van der Waals surface area (Å²) < 4.78 is 0. The van der Waals surface area contributed by atoms with E-state index < -0.39 is 53.8 Å². The molecule has 0 aliphatic carbocycles. The smallest absolute Gasteiger partial charge is 0.326 e. The van der Waals surface area contributed by atoms with Crippen LogP contribution in [0.4, 0.5) is 0 Å². The Labute approximate surface area is 265 Å². The van der Waals surface area contributed by atoms with Crippen LogP contribution in [0.1, 0.15) is 44.2 Å². The standard InChI is InChI=1S/C33H41N7O6/c1-3-18(2)29(40-30(42)23(34)14-19-16-36-24-10-6-4-8-21(19)24)32(44)38-26(12-13-28(35)41)31(43)39-27(33(45)46)15-20-17-37-25-11-7-5-9-22(20)25/h4-11,16-18,23,26-27,29,36-37H,3,12-15,34H2,1-2H3,(H2,35,41)(H,38,44)(H,39,43)(H,40,42)(H,45,46). The first-order valence-corrected chi connectivity index (χ1v) is 15.3. The zero-order valence-corrected chi connectivity index (χ0v) is 25.8. The van der Waals surface area contributed by atoms with Crippen LogP contribution in [0.3, 0.4) is 0 Å². The minimum Gasteiger partial charge on any atom is -0.480 e. The number of rotatable bonds is 16. The fourth-order valence-corrected chi connectivity index (χ4v) is 5.40. The van der Waals surface area contributed by atoms with Crippen molar-refractivity contribution in [3.8, 4) is 0 Å². The van der Waals surface area contributed by atoms with Gasteiger partial charge in [0.05, 0.1) is 6.04 Å². The van der Waals surface area contributed by atoms with E-state index in [9.17, 15) is 29.1 Å². The number of carbonyl (C=O) groups excluding carboxylic acids is 4. The summed E-state index contributed by atoms with van der Waals surface area (Å²) in [6, 6.07) is 10.3. The van der Waals surface area contributed by atoms with E-state index in [1.165, 1.54) is 0 Å². The predicted octanol–water partition coefficient (Wildman–Crippen LogP) is 1.61. The van der Waals surface area contributed by atoms with Gasteiger partial charge in [0, 0.05) is 47.0 Å². The quantitative estimate of drug-likeness (QED) is 0.0911. The highest BCUT2D eigenvalue weighted by Gasteiger charge is 2.33. The number of aromatic nitrogens is 2. The average molecular weight is 632 g/mol. The molecule has 5 atom stereocenters. The minimum atomic E-state index is -1.33. The molecule has 0 bridgehead atoms. The largest absolute Gasteiger partial charge is 0.480 e. The number of carboxylic acids is 1. The normalized spacial score (nSPS) is 14.6. The maximum absolute atomic E-state index is 13.6. The Morgan fingerprint density at radius 1 is 0.783 bits per heavy atom. The van der Waals surface area contributed by atoms with Crippen molar-refractivity contribution in [3.63, 3.8) is 0 Å². The molecule has 10 N–H and O–H groups in total. The van der Waals surface area contributed by atoms with Gasteiger partial charge in [-0.2, -0.15) is 0 Å². The molecule has 0 saturated carbocycles. The molecular formula is C33H41N7O6. The van der Waals surface area contributed by atoms with E-state index >= 15 is 0 Å². The molecule has 13 nitrogen and oxygen atoms in total. The summed E-state index contributed by atoms with van der Waals surface area (Å²) in [4.78, 5) is 70.2. The van der Waals surface area contributed by atoms with E-state index in [1.54, 1.807) is 19.3 Å². The van der Waals surface area contributed by atoms with Crippen LogP contribution >= 0.6 is 0 Å². The van der Waals surface area contributed by atoms with Crippen LogP contribution in [0.25, 0.3) is 21.8 Å². The molecule has 2 aromatic carbocycles. The number of amides is 4. The first-order chi connectivity index (χ1) is 22.0. The summed E-state index contributed by atoms with van der Waals surface area (Å²) in [6.07, 6.45) is 3.77. The van der Waals surface area contributed by atoms with E-state index in [1.807, 2.05) is 55.5 Å². The topological polar surface area (TPSA) is 225 Å². The third-order valence-corrected chi connectivity index (χ3v) is 8.27. The van der Waals surface area contributed by atoms with Gasteiger partial charge in [-0.3, -0.25) is 19.2 Å². The lowest BCUT2D eigenvalue weighted by atomic mass is 9.96. The first kappa shape index (κ1) is 33.7. The summed E-state index contributed by atoms with van der Waals surface area (Å²) in [7, 11) is 0. The number of nitrogens with one attached hydrogen (secondary N) is 5. The van der Waals surface area contributed by atoms with Gasteiger partial charge in [-0.05, 0) is 42.0 Å². The third kappa shape index (κ3) is 8.30. The van der Waals surface area contributed by atoms with Crippen molar-refractivity contribution >= 4 is 51.4 Å². The highest BCUT2D eigenvalue weighted by Crippen LogP contribution is 2.20. The molecule has 4 amide bonds. The van der Waals surface area contributed by atoms with E-state index in [2.05, 4.69) is 25.9 Å². The zero-order valence-electron chi connectivity index (χ0n) is 25.8. The molecule has 0 radical (unpaired) electrons. The number of hydrogen-bond donors (Lipinski definition) is 8. The lowest BCUT2D eigenvalue weighted by Gasteiger charge is -2.28. The van der Waals surface area contributed by atoms with Crippen molar-refractivity contribution in [1.82, 2.24) is 25.9 Å². The maximum Gasteiger partial charge on any atom is 0.326 e. The lowest BCUT2D eigenvalue weighted by molar-refractivity contribution is -0.142. The van der Waals surface area contributed by atoms with Crippen LogP contribution in [-0.2, 0) is 36.8 Å². The summed E-state index contributed by atoms with van der Waals surface area (Å²) in [5.74, 6) is -4.34. The SMILES string of the molecule is CCC(C)C(NC(=O)C(N)Cc1c[nH]c2ccccc12)C(=O)NC(CCC(N)=O)C(=O)NC(Cc1c[nH]c2ccccc12)C(=O)O. The van der Waals surface area contributed by atoms with Crippen LogP contribution in [0.15, 0.2) is 60.9 Å². The number of para-hydroxylation sites is 2. The van der Waals surface area contributed by atoms with Crippen molar-refractivity contribution in [1.29, 1.82) is 0 Å². The van der Waals surface area contributed by atoms with Gasteiger partial charge < -0.3 is 42.5 Å². The second-order valence-electron chi connectivity index (χ2n) is 11.6. The predicted molar refractivity (Wildman–Crippen MR) is 173 cm³/mol. The number of primary amides is 1. The molecule has 0 aliphatic heterocycles. The van der Waals surface area contributed by atoms with E-state index in [0.717, 1.165) is 27.4 Å². The molecule has 46 heavy (non-hydrogen) atoms. The molecule has 2 aromatic heterocycles. The summed E-state index contributed by atoms with van der Waals surface area (Å²) in [5, 5.41) is 19.5. The van der Waals surface area contributed by atoms with Gasteiger partial charge in [0.15, 0.2) is 0 Å². The average Bonchev–Trinajstić information content (AvgIpc) is 3.64. The Balaban J connectivity index is 1.46. The number of carbonyl (C=O) groups is 5. The van der Waals surface area contributed by atoms with Crippen LogP contribution in [0.2, 0.25) is 0 Å². The van der Waals surface area contributed by atoms with Gasteiger partial charge in [-0.1, -0.05) is 56.7 Å². The maximum atomic E-state index is 13.6. The van der Waals surface area contributed by atoms with Gasteiger partial charge in [0.2, 0.25) is 23.6 Å². The van der Waals surface area contributed by atoms with Crippen molar-refractivity contribution in [2.45, 2.75) is 70.1 Å². The Hall–Kier alpha value is -5.17. The molecular weight excluding hydrogens is 590 g/mol. The minimum absolute atomic E-state index is 0.0263. The number of benzene rings is 2. The molecule has 244 valence electrons. The Morgan fingerprint density at radius 3 is 1.87 bits per heavy atom. The van der Waals surface area contributed by atoms with Crippen LogP contribution in [-0.4, -0.2) is 68.8 Å². The summed E-state index contributed by atoms with van der Waals surface area (Å²) >= 11 is 0. The van der Waals surface area contributed by atoms with Crippen molar-refractivity contribution in [2.75, 3.05) is 0 Å². The Kier molecular flexibility index (Phi) is 11.2. The van der Waals surface area contributed by atoms with Crippen LogP contribution in [0.5, 0.6) is 0 Å². The monoisotopic (exact) mass is 631 g/mol. The van der Waals surface area contributed by atoms with Crippen molar-refractivity contribution < 1.29 is 29.1 Å². The lowest BCUT2D eigenvalue weighted by Crippen LogP contribution is -2.59. The molecule has 0 fully saturated rings. The highest BCUT2D eigenvalue weighted by molar-refractivity contribution is 5.95. The number of carboxylic acid groups (broad SMARTS) is 1. The Morgan fingerprint density at radius 2 is 1.33 bits per heavy atom. The summed E-state index contributed by atoms with van der Waals surface area (Å²) in [5.41, 5.74) is 14.9. The summed E-state index contributed by atoms with van der Waals surface area (Å²) in [6.45, 7) is 3.62. The van der Waals surface area contributed by atoms with Gasteiger partial charge in [-0.15, -0.1) is 0 Å². The first-order valence-electron chi connectivity index (χ1n) is 15.3. The van der Waals surface area contributed by atoms with E-state index in [4.69, 9.17) is 11.5 Å². The van der Waals surface area contributed by atoms with Crippen LogP contribution < -0.4 is 27.4 Å². The molecule has 0 saturated heterocycles. The van der Waals surface area contributed by atoms with Gasteiger partial charge in [0.1, 0.15) is 18.1 Å². The number of aromatic amines is 2. The van der Waals surface area contributed by atoms with E-state index in [0.29, 0.717) is 12.0 Å². The molecule has 0 spiro atoms. The molecule has 13 heteroatoms. The number of hydrogen-bond acceptors (Lipinski definition) is 6. The number of nitrogens with two attached hydrogens (primary N) is 2. The fourth-order valence-electron chi connectivity index (χ4n) is 5.40. The van der Waals surface area contributed by atoms with Crippen LogP contribution in [0, 0.1) is 5.92 Å². The van der Waals surface area contributed by atoms with Crippen molar-refractivity contribution in [2.24, 2.45) is 17.4 Å². The molecule has 5 unspecified atom stereocenters. The molecule has 4 aromatic rings. The Bertz CT molecular complexity index is 1710. The molecule has 0 aliphatic rings. The number of aliphatic carboxylic acids is 1. The zero-order chi connectivity index (χ0) is 33.4. The van der Waals surface area contributed by atoms with Gasteiger partial charge >= 0.3 is 5.97 Å². The molecule has 4 rings (SSSR count). The molecule has 2 heterocycles. The van der Waals surface area contributed by atoms with Gasteiger partial charge in [0.25, 0.3) is 0 Å². The highest BCUT2D eigenvalue weighted by atomic mass is 16.4.